The number of amides is 2. The highest BCUT2D eigenvalue weighted by Gasteiger charge is 2.36. The second-order valence-electron chi connectivity index (χ2n) is 5.51. The molecular weight excluding hydrogens is 244 g/mol. The first-order chi connectivity index (χ1) is 8.92. The lowest BCUT2D eigenvalue weighted by Crippen LogP contribution is -2.44. The summed E-state index contributed by atoms with van der Waals surface area (Å²) in [5.41, 5.74) is -0.424. The Morgan fingerprint density at radius 1 is 1.68 bits per heavy atom. The SMILES string of the molecule is CC[C@@H]1C[C@H]1NC(=O)NC[C@](C)(O)c1cnn(C)c1. The van der Waals surface area contributed by atoms with Gasteiger partial charge in [-0.2, -0.15) is 5.10 Å². The van der Waals surface area contributed by atoms with Crippen LogP contribution in [-0.2, 0) is 12.6 Å². The lowest BCUT2D eigenvalue weighted by atomic mass is 10.00. The van der Waals surface area contributed by atoms with Crippen molar-refractivity contribution < 1.29 is 9.90 Å². The molecule has 0 aromatic carbocycles. The third kappa shape index (κ3) is 3.47. The highest BCUT2D eigenvalue weighted by molar-refractivity contribution is 5.74. The molecule has 3 atom stereocenters. The van der Waals surface area contributed by atoms with Gasteiger partial charge in [0.25, 0.3) is 0 Å². The van der Waals surface area contributed by atoms with Gasteiger partial charge in [-0.3, -0.25) is 4.68 Å². The third-order valence-corrected chi connectivity index (χ3v) is 3.68. The van der Waals surface area contributed by atoms with Gasteiger partial charge >= 0.3 is 6.03 Å². The summed E-state index contributed by atoms with van der Waals surface area (Å²) < 4.78 is 1.62. The summed E-state index contributed by atoms with van der Waals surface area (Å²) in [4.78, 5) is 11.7. The topological polar surface area (TPSA) is 79.2 Å². The van der Waals surface area contributed by atoms with Gasteiger partial charge in [0, 0.05) is 24.8 Å². The number of nitrogens with zero attached hydrogens (tertiary/aromatic N) is 2. The van der Waals surface area contributed by atoms with E-state index < -0.39 is 5.60 Å². The van der Waals surface area contributed by atoms with E-state index >= 15 is 0 Å². The van der Waals surface area contributed by atoms with Crippen LogP contribution in [0.2, 0.25) is 0 Å². The third-order valence-electron chi connectivity index (χ3n) is 3.68. The van der Waals surface area contributed by atoms with E-state index in [2.05, 4.69) is 22.7 Å². The number of carbonyl (C=O) groups excluding carboxylic acids is 1. The number of rotatable bonds is 5. The highest BCUT2D eigenvalue weighted by atomic mass is 16.3. The van der Waals surface area contributed by atoms with Crippen LogP contribution in [0.15, 0.2) is 12.4 Å². The number of aliphatic hydroxyl groups is 1. The van der Waals surface area contributed by atoms with Crippen molar-refractivity contribution in [2.75, 3.05) is 6.54 Å². The molecule has 1 aliphatic carbocycles. The van der Waals surface area contributed by atoms with Gasteiger partial charge in [0.2, 0.25) is 0 Å². The molecule has 1 aromatic heterocycles. The van der Waals surface area contributed by atoms with Gasteiger partial charge < -0.3 is 15.7 Å². The number of hydrogen-bond donors (Lipinski definition) is 3. The molecule has 19 heavy (non-hydrogen) atoms. The summed E-state index contributed by atoms with van der Waals surface area (Å²) >= 11 is 0. The zero-order chi connectivity index (χ0) is 14.0. The Hall–Kier alpha value is -1.56. The average molecular weight is 266 g/mol. The number of urea groups is 1. The lowest BCUT2D eigenvalue weighted by molar-refractivity contribution is 0.0593. The summed E-state index contributed by atoms with van der Waals surface area (Å²) in [6.07, 6.45) is 5.50. The van der Waals surface area contributed by atoms with Gasteiger partial charge in [0.1, 0.15) is 5.60 Å². The van der Waals surface area contributed by atoms with Crippen molar-refractivity contribution in [3.8, 4) is 0 Å². The van der Waals surface area contributed by atoms with Crippen molar-refractivity contribution in [2.24, 2.45) is 13.0 Å². The molecule has 1 fully saturated rings. The number of carbonyl (C=O) groups is 1. The van der Waals surface area contributed by atoms with Gasteiger partial charge in [0.15, 0.2) is 0 Å². The average Bonchev–Trinajstić information content (AvgIpc) is 2.95. The van der Waals surface area contributed by atoms with Crippen molar-refractivity contribution in [2.45, 2.75) is 38.3 Å². The fraction of sp³-hybridized carbons (Fsp3) is 0.692. The Labute approximate surface area is 113 Å². The molecule has 0 spiro atoms. The van der Waals surface area contributed by atoms with Gasteiger partial charge in [0.05, 0.1) is 12.7 Å². The summed E-state index contributed by atoms with van der Waals surface area (Å²) in [5, 5.41) is 19.9. The largest absolute Gasteiger partial charge is 0.383 e. The van der Waals surface area contributed by atoms with Gasteiger partial charge in [-0.15, -0.1) is 0 Å². The van der Waals surface area contributed by atoms with Crippen LogP contribution in [0.1, 0.15) is 32.3 Å². The van der Waals surface area contributed by atoms with Crippen molar-refractivity contribution >= 4 is 6.03 Å². The summed E-state index contributed by atoms with van der Waals surface area (Å²) in [6, 6.07) is 0.0819. The van der Waals surface area contributed by atoms with Crippen molar-refractivity contribution in [1.82, 2.24) is 20.4 Å². The fourth-order valence-corrected chi connectivity index (χ4v) is 2.15. The number of aryl methyl sites for hydroxylation is 1. The zero-order valence-electron chi connectivity index (χ0n) is 11.7. The van der Waals surface area contributed by atoms with Crippen molar-refractivity contribution in [3.63, 3.8) is 0 Å². The Kier molecular flexibility index (Phi) is 3.80. The molecule has 6 nitrogen and oxygen atoms in total. The van der Waals surface area contributed by atoms with Crippen LogP contribution in [0, 0.1) is 5.92 Å². The molecule has 3 N–H and O–H groups in total. The lowest BCUT2D eigenvalue weighted by Gasteiger charge is -2.22. The molecular formula is C13H22N4O2. The predicted octanol–water partition coefficient (Wildman–Crippen LogP) is 0.725. The Morgan fingerprint density at radius 3 is 2.95 bits per heavy atom. The van der Waals surface area contributed by atoms with E-state index in [0.29, 0.717) is 17.5 Å². The first kappa shape index (κ1) is 13.9. The molecule has 6 heteroatoms. The van der Waals surface area contributed by atoms with E-state index in [1.165, 1.54) is 0 Å². The predicted molar refractivity (Wildman–Crippen MR) is 71.5 cm³/mol. The maximum atomic E-state index is 11.7. The Morgan fingerprint density at radius 2 is 2.42 bits per heavy atom. The van der Waals surface area contributed by atoms with Crippen LogP contribution in [0.5, 0.6) is 0 Å². The van der Waals surface area contributed by atoms with E-state index in [-0.39, 0.29) is 12.6 Å². The molecule has 2 rings (SSSR count). The monoisotopic (exact) mass is 266 g/mol. The van der Waals surface area contributed by atoms with E-state index in [4.69, 9.17) is 0 Å². The van der Waals surface area contributed by atoms with E-state index in [1.807, 2.05) is 0 Å². The van der Waals surface area contributed by atoms with Gasteiger partial charge in [-0.05, 0) is 19.3 Å². The molecule has 0 aliphatic heterocycles. The second kappa shape index (κ2) is 5.21. The minimum absolute atomic E-state index is 0.161. The smallest absolute Gasteiger partial charge is 0.315 e. The molecule has 1 aromatic rings. The zero-order valence-corrected chi connectivity index (χ0v) is 11.7. The first-order valence-electron chi connectivity index (χ1n) is 6.68. The van der Waals surface area contributed by atoms with E-state index in [0.717, 1.165) is 12.8 Å². The normalized spacial score (nSPS) is 24.6. The molecule has 0 radical (unpaired) electrons. The maximum absolute atomic E-state index is 11.7. The standard InChI is InChI=1S/C13H22N4O2/c1-4-9-5-11(9)16-12(18)14-8-13(2,19)10-6-15-17(3)7-10/h6-7,9,11,19H,4-5,8H2,1-3H3,(H2,14,16,18)/t9-,11-,13+/m1/s1. The maximum Gasteiger partial charge on any atom is 0.315 e. The molecule has 1 aliphatic rings. The first-order valence-corrected chi connectivity index (χ1v) is 6.68. The number of hydrogen-bond acceptors (Lipinski definition) is 3. The molecule has 2 amide bonds. The Bertz CT molecular complexity index is 455. The van der Waals surface area contributed by atoms with Crippen LogP contribution in [0.4, 0.5) is 4.79 Å². The number of aromatic nitrogens is 2. The quantitative estimate of drug-likeness (QED) is 0.735. The summed E-state index contributed by atoms with van der Waals surface area (Å²) in [6.45, 7) is 3.95. The number of nitrogens with one attached hydrogen (secondary N) is 2. The second-order valence-corrected chi connectivity index (χ2v) is 5.51. The fourth-order valence-electron chi connectivity index (χ4n) is 2.15. The highest BCUT2D eigenvalue weighted by Crippen LogP contribution is 2.32. The van der Waals surface area contributed by atoms with Crippen LogP contribution >= 0.6 is 0 Å². The Balaban J connectivity index is 1.79. The molecule has 1 heterocycles. The minimum Gasteiger partial charge on any atom is -0.383 e. The minimum atomic E-state index is -1.11. The van der Waals surface area contributed by atoms with Gasteiger partial charge in [-0.25, -0.2) is 4.79 Å². The van der Waals surface area contributed by atoms with E-state index in [9.17, 15) is 9.90 Å². The molecule has 0 saturated heterocycles. The van der Waals surface area contributed by atoms with E-state index in [1.54, 1.807) is 31.0 Å². The van der Waals surface area contributed by atoms with Crippen molar-refractivity contribution in [1.29, 1.82) is 0 Å². The van der Waals surface area contributed by atoms with Crippen molar-refractivity contribution in [3.05, 3.63) is 18.0 Å². The molecule has 106 valence electrons. The van der Waals surface area contributed by atoms with Crippen LogP contribution < -0.4 is 10.6 Å². The van der Waals surface area contributed by atoms with Crippen LogP contribution in [0.3, 0.4) is 0 Å². The van der Waals surface area contributed by atoms with Crippen LogP contribution in [0.25, 0.3) is 0 Å². The molecule has 0 unspecified atom stereocenters. The molecule has 1 saturated carbocycles. The van der Waals surface area contributed by atoms with Crippen LogP contribution in [-0.4, -0.2) is 33.5 Å². The van der Waals surface area contributed by atoms with Gasteiger partial charge in [-0.1, -0.05) is 13.3 Å². The summed E-state index contributed by atoms with van der Waals surface area (Å²) in [7, 11) is 1.79. The summed E-state index contributed by atoms with van der Waals surface area (Å²) in [5.74, 6) is 0.615. The molecule has 0 bridgehead atoms.